The molecule has 0 aliphatic carbocycles. The summed E-state index contributed by atoms with van der Waals surface area (Å²) in [7, 11) is 1.34. The van der Waals surface area contributed by atoms with E-state index in [9.17, 15) is 9.59 Å². The molecule has 0 amide bonds. The molecule has 0 bridgehead atoms. The molecule has 2 aromatic rings. The number of rotatable bonds is 4. The number of ether oxygens (including phenoxy) is 1. The summed E-state index contributed by atoms with van der Waals surface area (Å²) < 4.78 is 9.69. The van der Waals surface area contributed by atoms with E-state index >= 15 is 0 Å². The van der Waals surface area contributed by atoms with Gasteiger partial charge in [0.15, 0.2) is 0 Å². The molecule has 0 saturated carbocycles. The highest BCUT2D eigenvalue weighted by Gasteiger charge is 2.15. The van der Waals surface area contributed by atoms with E-state index in [1.165, 1.54) is 24.7 Å². The van der Waals surface area contributed by atoms with Gasteiger partial charge in [-0.3, -0.25) is 9.59 Å². The first-order valence-electron chi connectivity index (χ1n) is 5.35. The van der Waals surface area contributed by atoms with Gasteiger partial charge in [-0.1, -0.05) is 0 Å². The van der Waals surface area contributed by atoms with Crippen LogP contribution in [-0.4, -0.2) is 18.9 Å². The Morgan fingerprint density at radius 3 is 2.78 bits per heavy atom. The number of hydrogen-bond donors (Lipinski definition) is 0. The van der Waals surface area contributed by atoms with Gasteiger partial charge in [-0.25, -0.2) is 0 Å². The van der Waals surface area contributed by atoms with Crippen LogP contribution in [0.25, 0.3) is 0 Å². The van der Waals surface area contributed by atoms with Crippen LogP contribution in [0.2, 0.25) is 0 Å². The van der Waals surface area contributed by atoms with E-state index in [-0.39, 0.29) is 18.2 Å². The maximum Gasteiger partial charge on any atom is 0.310 e. The van der Waals surface area contributed by atoms with Crippen LogP contribution >= 0.6 is 11.3 Å². The van der Waals surface area contributed by atoms with E-state index in [0.29, 0.717) is 16.2 Å². The molecule has 0 atom stereocenters. The summed E-state index contributed by atoms with van der Waals surface area (Å²) in [6, 6.07) is 5.18. The number of esters is 1. The molecule has 2 rings (SSSR count). The summed E-state index contributed by atoms with van der Waals surface area (Å²) in [4.78, 5) is 24.6. The predicted octanol–water partition coefficient (Wildman–Crippen LogP) is 2.60. The minimum Gasteiger partial charge on any atom is -0.469 e. The largest absolute Gasteiger partial charge is 0.469 e. The van der Waals surface area contributed by atoms with Crippen LogP contribution in [0.5, 0.6) is 0 Å². The highest BCUT2D eigenvalue weighted by molar-refractivity contribution is 7.14. The summed E-state index contributed by atoms with van der Waals surface area (Å²) >= 11 is 1.30. The van der Waals surface area contributed by atoms with Gasteiger partial charge in [0.1, 0.15) is 12.0 Å². The molecule has 0 aromatic carbocycles. The fourth-order valence-electron chi connectivity index (χ4n) is 1.51. The van der Waals surface area contributed by atoms with Crippen LogP contribution < -0.4 is 0 Å². The fraction of sp³-hybridized carbons (Fsp3) is 0.231. The third-order valence-corrected chi connectivity index (χ3v) is 3.51. The van der Waals surface area contributed by atoms with Gasteiger partial charge in [-0.05, 0) is 25.1 Å². The van der Waals surface area contributed by atoms with Crippen LogP contribution in [0, 0.1) is 6.92 Å². The Labute approximate surface area is 108 Å². The van der Waals surface area contributed by atoms with Gasteiger partial charge in [-0.2, -0.15) is 0 Å². The third-order valence-electron chi connectivity index (χ3n) is 2.42. The van der Waals surface area contributed by atoms with E-state index in [2.05, 4.69) is 4.74 Å². The Bertz CT molecular complexity index is 579. The zero-order valence-corrected chi connectivity index (χ0v) is 10.9. The normalized spacial score (nSPS) is 10.3. The van der Waals surface area contributed by atoms with Crippen LogP contribution in [0.15, 0.2) is 28.9 Å². The number of methoxy groups -OCH3 is 1. The number of ketones is 1. The van der Waals surface area contributed by atoms with E-state index in [1.54, 1.807) is 25.1 Å². The molecule has 0 radical (unpaired) electrons. The average Bonchev–Trinajstić information content (AvgIpc) is 2.97. The zero-order chi connectivity index (χ0) is 13.1. The van der Waals surface area contributed by atoms with Crippen molar-refractivity contribution >= 4 is 23.1 Å². The summed E-state index contributed by atoms with van der Waals surface area (Å²) in [5, 5.41) is 0. The molecule has 2 heterocycles. The lowest BCUT2D eigenvalue weighted by Crippen LogP contribution is -2.02. The first kappa shape index (κ1) is 12.6. The number of furan rings is 1. The first-order valence-corrected chi connectivity index (χ1v) is 6.17. The maximum absolute atomic E-state index is 12.1. The third kappa shape index (κ3) is 2.68. The molecule has 2 aromatic heterocycles. The molecular weight excluding hydrogens is 252 g/mol. The van der Waals surface area contributed by atoms with Crippen LogP contribution in [0.3, 0.4) is 0 Å². The van der Waals surface area contributed by atoms with Gasteiger partial charge in [0, 0.05) is 4.88 Å². The van der Waals surface area contributed by atoms with Gasteiger partial charge in [-0.15, -0.1) is 11.3 Å². The minimum atomic E-state index is -0.310. The van der Waals surface area contributed by atoms with Gasteiger partial charge >= 0.3 is 5.97 Å². The molecule has 0 aliphatic heterocycles. The van der Waals surface area contributed by atoms with Crippen molar-refractivity contribution in [2.75, 3.05) is 7.11 Å². The van der Waals surface area contributed by atoms with E-state index in [4.69, 9.17) is 4.42 Å². The van der Waals surface area contributed by atoms with Gasteiger partial charge in [0.05, 0.1) is 24.0 Å². The van der Waals surface area contributed by atoms with Crippen molar-refractivity contribution in [1.82, 2.24) is 0 Å². The second-order valence-corrected chi connectivity index (χ2v) is 4.96. The van der Waals surface area contributed by atoms with Crippen molar-refractivity contribution in [1.29, 1.82) is 0 Å². The number of carbonyl (C=O) groups excluding carboxylic acids is 2. The summed E-state index contributed by atoms with van der Waals surface area (Å²) in [5.41, 5.74) is 0.527. The van der Waals surface area contributed by atoms with Gasteiger partial charge in [0.25, 0.3) is 0 Å². The Hall–Kier alpha value is -1.88. The first-order chi connectivity index (χ1) is 8.60. The van der Waals surface area contributed by atoms with Gasteiger partial charge < -0.3 is 9.15 Å². The lowest BCUT2D eigenvalue weighted by Gasteiger charge is -1.95. The molecular formula is C13H12O4S. The van der Waals surface area contributed by atoms with Crippen LogP contribution in [0.4, 0.5) is 0 Å². The van der Waals surface area contributed by atoms with Crippen molar-refractivity contribution in [3.8, 4) is 0 Å². The molecule has 0 N–H and O–H groups in total. The number of carbonyl (C=O) groups is 2. The molecule has 4 nitrogen and oxygen atoms in total. The smallest absolute Gasteiger partial charge is 0.310 e. The standard InChI is InChI=1S/C13H12O4S/c1-8-5-9(7-17-8)13(15)11-4-3-10(18-11)6-12(14)16-2/h3-5,7H,6H2,1-2H3. The molecule has 0 spiro atoms. The van der Waals surface area contributed by atoms with Crippen molar-refractivity contribution in [3.63, 3.8) is 0 Å². The summed E-state index contributed by atoms with van der Waals surface area (Å²) in [5.74, 6) is 0.299. The summed E-state index contributed by atoms with van der Waals surface area (Å²) in [6.45, 7) is 1.79. The molecule has 0 fully saturated rings. The molecule has 5 heteroatoms. The van der Waals surface area contributed by atoms with Crippen LogP contribution in [-0.2, 0) is 16.0 Å². The van der Waals surface area contributed by atoms with Gasteiger partial charge in [0.2, 0.25) is 5.78 Å². The molecule has 18 heavy (non-hydrogen) atoms. The predicted molar refractivity (Wildman–Crippen MR) is 66.9 cm³/mol. The fourth-order valence-corrected chi connectivity index (χ4v) is 2.47. The maximum atomic E-state index is 12.1. The number of hydrogen-bond acceptors (Lipinski definition) is 5. The van der Waals surface area contributed by atoms with Crippen molar-refractivity contribution in [2.24, 2.45) is 0 Å². The highest BCUT2D eigenvalue weighted by Crippen LogP contribution is 2.21. The molecule has 0 unspecified atom stereocenters. The average molecular weight is 264 g/mol. The molecule has 0 aliphatic rings. The summed E-state index contributed by atoms with van der Waals surface area (Å²) in [6.07, 6.45) is 1.64. The van der Waals surface area contributed by atoms with Crippen LogP contribution in [0.1, 0.15) is 25.9 Å². The Balaban J connectivity index is 2.15. The SMILES string of the molecule is COC(=O)Cc1ccc(C(=O)c2coc(C)c2)s1. The lowest BCUT2D eigenvalue weighted by molar-refractivity contribution is -0.139. The van der Waals surface area contributed by atoms with Crippen molar-refractivity contribution < 1.29 is 18.7 Å². The molecule has 94 valence electrons. The molecule has 0 saturated heterocycles. The van der Waals surface area contributed by atoms with Crippen molar-refractivity contribution in [3.05, 3.63) is 45.5 Å². The quantitative estimate of drug-likeness (QED) is 0.629. The lowest BCUT2D eigenvalue weighted by atomic mass is 10.2. The second-order valence-electron chi connectivity index (χ2n) is 3.79. The van der Waals surface area contributed by atoms with E-state index < -0.39 is 0 Å². The van der Waals surface area contributed by atoms with E-state index in [0.717, 1.165) is 4.88 Å². The Morgan fingerprint density at radius 2 is 2.17 bits per heavy atom. The van der Waals surface area contributed by atoms with E-state index in [1.807, 2.05) is 0 Å². The minimum absolute atomic E-state index is 0.0898. The number of aryl methyl sites for hydroxylation is 1. The monoisotopic (exact) mass is 264 g/mol. The van der Waals surface area contributed by atoms with Crippen molar-refractivity contribution in [2.45, 2.75) is 13.3 Å². The second kappa shape index (κ2) is 5.18. The highest BCUT2D eigenvalue weighted by atomic mass is 32.1. The zero-order valence-electron chi connectivity index (χ0n) is 10.1. The topological polar surface area (TPSA) is 56.5 Å². The Kier molecular flexibility index (Phi) is 3.62. The number of thiophene rings is 1. The Morgan fingerprint density at radius 1 is 1.39 bits per heavy atom.